The number of nitrogens with zero attached hydrogens (tertiary/aromatic N) is 2. The summed E-state index contributed by atoms with van der Waals surface area (Å²) in [5.74, 6) is -8.38. The molecule has 2 saturated carbocycles. The summed E-state index contributed by atoms with van der Waals surface area (Å²) >= 11 is 0. The van der Waals surface area contributed by atoms with Crippen LogP contribution >= 0.6 is 0 Å². The maximum Gasteiger partial charge on any atom is 0.235 e. The standard InChI is InChI=1S/C24H29N3O6/c1-24-9-10-8-11-12(26(2)3)6-7-13(28)15(11)18(29)14(10)19(30)17(24)20(31)16(23(25)33)21(32)22(24)27(4)5/h6-7,10,14,16-17,22,28H,8-9H2,1-5H3,(H2,25,33)/t10-,14?,16?,17?,22+,24+/m0/s1. The van der Waals surface area contributed by atoms with Crippen molar-refractivity contribution in [3.8, 4) is 5.75 Å². The van der Waals surface area contributed by atoms with Crippen LogP contribution in [0, 0.1) is 29.1 Å². The Labute approximate surface area is 191 Å². The number of Topliss-reactive ketones (excluding diaryl/α,β-unsaturated/α-hetero) is 4. The normalized spacial score (nSPS) is 33.5. The maximum atomic E-state index is 13.8. The van der Waals surface area contributed by atoms with E-state index in [2.05, 4.69) is 0 Å². The fourth-order valence-corrected chi connectivity index (χ4v) is 6.66. The average Bonchev–Trinajstić information content (AvgIpc) is 2.65. The molecule has 3 unspecified atom stereocenters. The number of hydrogen-bond donors (Lipinski definition) is 2. The van der Waals surface area contributed by atoms with Crippen LogP contribution < -0.4 is 10.6 Å². The third-order valence-corrected chi connectivity index (χ3v) is 7.72. The second-order valence-corrected chi connectivity index (χ2v) is 10.2. The van der Waals surface area contributed by atoms with Crippen LogP contribution in [0.5, 0.6) is 5.75 Å². The van der Waals surface area contributed by atoms with Crippen LogP contribution in [-0.2, 0) is 25.6 Å². The molecule has 9 heteroatoms. The molecule has 4 rings (SSSR count). The number of hydrogen-bond acceptors (Lipinski definition) is 8. The number of primary amides is 1. The van der Waals surface area contributed by atoms with E-state index in [1.54, 1.807) is 32.0 Å². The number of carbonyl (C=O) groups excluding carboxylic acids is 5. The van der Waals surface area contributed by atoms with E-state index < -0.39 is 64.2 Å². The molecule has 1 aromatic rings. The lowest BCUT2D eigenvalue weighted by atomic mass is 9.48. The minimum atomic E-state index is -1.71. The molecule has 3 N–H and O–H groups in total. The van der Waals surface area contributed by atoms with Gasteiger partial charge in [0.25, 0.3) is 0 Å². The number of aromatic hydroxyl groups is 1. The van der Waals surface area contributed by atoms with Crippen LogP contribution in [0.25, 0.3) is 0 Å². The number of phenols is 1. The topological polar surface area (TPSA) is 138 Å². The smallest absolute Gasteiger partial charge is 0.235 e. The van der Waals surface area contributed by atoms with Gasteiger partial charge in [-0.3, -0.25) is 28.9 Å². The van der Waals surface area contributed by atoms with E-state index >= 15 is 0 Å². The summed E-state index contributed by atoms with van der Waals surface area (Å²) in [5, 5.41) is 10.5. The predicted molar refractivity (Wildman–Crippen MR) is 119 cm³/mol. The van der Waals surface area contributed by atoms with Crippen molar-refractivity contribution in [2.24, 2.45) is 34.8 Å². The molecule has 0 bridgehead atoms. The summed E-state index contributed by atoms with van der Waals surface area (Å²) in [6.07, 6.45) is 0.622. The van der Waals surface area contributed by atoms with Gasteiger partial charge in [-0.1, -0.05) is 6.92 Å². The number of rotatable bonds is 3. The van der Waals surface area contributed by atoms with Crippen molar-refractivity contribution in [1.29, 1.82) is 0 Å². The molecule has 1 amide bonds. The van der Waals surface area contributed by atoms with Gasteiger partial charge < -0.3 is 15.7 Å². The van der Waals surface area contributed by atoms with Crippen molar-refractivity contribution in [3.05, 3.63) is 23.3 Å². The van der Waals surface area contributed by atoms with E-state index in [9.17, 15) is 29.1 Å². The van der Waals surface area contributed by atoms with Gasteiger partial charge in [-0.25, -0.2) is 0 Å². The van der Waals surface area contributed by atoms with Gasteiger partial charge in [0, 0.05) is 25.2 Å². The molecule has 0 aromatic heterocycles. The van der Waals surface area contributed by atoms with Crippen LogP contribution in [0.15, 0.2) is 12.1 Å². The Kier molecular flexibility index (Phi) is 5.24. The second kappa shape index (κ2) is 7.48. The number of amides is 1. The Bertz CT molecular complexity index is 1110. The molecule has 9 nitrogen and oxygen atoms in total. The number of ketones is 4. The molecule has 0 aliphatic heterocycles. The Morgan fingerprint density at radius 3 is 2.24 bits per heavy atom. The minimum Gasteiger partial charge on any atom is -0.507 e. The molecule has 3 aliphatic carbocycles. The van der Waals surface area contributed by atoms with Crippen molar-refractivity contribution in [1.82, 2.24) is 4.90 Å². The first kappa shape index (κ1) is 23.1. The molecule has 0 saturated heterocycles. The summed E-state index contributed by atoms with van der Waals surface area (Å²) in [4.78, 5) is 69.4. The quantitative estimate of drug-likeness (QED) is 0.617. The predicted octanol–water partition coefficient (Wildman–Crippen LogP) is 0.208. The summed E-state index contributed by atoms with van der Waals surface area (Å²) in [6, 6.07) is 2.28. The lowest BCUT2D eigenvalue weighted by Crippen LogP contribution is -2.69. The fourth-order valence-electron chi connectivity index (χ4n) is 6.66. The highest BCUT2D eigenvalue weighted by Gasteiger charge is 2.66. The van der Waals surface area contributed by atoms with Gasteiger partial charge in [0.15, 0.2) is 29.1 Å². The fraction of sp³-hybridized carbons (Fsp3) is 0.542. The maximum absolute atomic E-state index is 13.8. The van der Waals surface area contributed by atoms with Crippen molar-refractivity contribution in [2.45, 2.75) is 25.8 Å². The van der Waals surface area contributed by atoms with Crippen molar-refractivity contribution < 1.29 is 29.1 Å². The zero-order valence-corrected chi connectivity index (χ0v) is 19.4. The minimum absolute atomic E-state index is 0.106. The second-order valence-electron chi connectivity index (χ2n) is 10.2. The number of likely N-dealkylation sites (N-methyl/N-ethyl adjacent to an activating group) is 1. The summed E-state index contributed by atoms with van der Waals surface area (Å²) in [5.41, 5.74) is 5.84. The van der Waals surface area contributed by atoms with Gasteiger partial charge >= 0.3 is 0 Å². The van der Waals surface area contributed by atoms with E-state index in [1.807, 2.05) is 19.0 Å². The molecular formula is C24H29N3O6. The zero-order valence-electron chi connectivity index (χ0n) is 19.4. The van der Waals surface area contributed by atoms with Crippen molar-refractivity contribution in [3.63, 3.8) is 0 Å². The third-order valence-electron chi connectivity index (χ3n) is 7.72. The zero-order chi connectivity index (χ0) is 24.6. The number of anilines is 1. The van der Waals surface area contributed by atoms with Crippen LogP contribution in [0.1, 0.15) is 29.3 Å². The summed E-state index contributed by atoms with van der Waals surface area (Å²) in [7, 11) is 6.99. The number of phenolic OH excluding ortho intramolecular Hbond substituents is 1. The highest BCUT2D eigenvalue weighted by molar-refractivity contribution is 6.29. The molecule has 0 spiro atoms. The van der Waals surface area contributed by atoms with Crippen LogP contribution in [0.4, 0.5) is 5.69 Å². The van der Waals surface area contributed by atoms with Gasteiger partial charge in [0.1, 0.15) is 5.75 Å². The van der Waals surface area contributed by atoms with E-state index in [1.165, 1.54) is 6.07 Å². The summed E-state index contributed by atoms with van der Waals surface area (Å²) < 4.78 is 0. The summed E-state index contributed by atoms with van der Waals surface area (Å²) in [6.45, 7) is 1.72. The molecule has 0 radical (unpaired) electrons. The molecular weight excluding hydrogens is 426 g/mol. The Hall–Kier alpha value is -3.07. The SMILES string of the molecule is CN(C)c1ccc(O)c2c1C[C@H]1C[C@]3(C)C(C(=O)C(C(N)=O)C(=O)[C@H]3N(C)C)C(=O)C1C2=O. The molecule has 1 aromatic carbocycles. The molecule has 3 aliphatic rings. The van der Waals surface area contributed by atoms with Gasteiger partial charge in [-0.15, -0.1) is 0 Å². The average molecular weight is 456 g/mol. The first-order valence-electron chi connectivity index (χ1n) is 11.0. The third kappa shape index (κ3) is 3.05. The lowest BCUT2D eigenvalue weighted by molar-refractivity contribution is -0.165. The van der Waals surface area contributed by atoms with E-state index in [4.69, 9.17) is 5.73 Å². The van der Waals surface area contributed by atoms with Crippen LogP contribution in [-0.4, -0.2) is 73.3 Å². The van der Waals surface area contributed by atoms with Gasteiger partial charge in [0.2, 0.25) is 5.91 Å². The highest BCUT2D eigenvalue weighted by atomic mass is 16.3. The van der Waals surface area contributed by atoms with Gasteiger partial charge in [0.05, 0.1) is 23.4 Å². The lowest BCUT2D eigenvalue weighted by Gasteiger charge is -2.55. The van der Waals surface area contributed by atoms with E-state index in [0.717, 1.165) is 5.69 Å². The van der Waals surface area contributed by atoms with Crippen molar-refractivity contribution in [2.75, 3.05) is 33.1 Å². The Morgan fingerprint density at radius 1 is 1.06 bits per heavy atom. The Balaban J connectivity index is 1.89. The number of benzene rings is 1. The molecule has 0 heterocycles. The Morgan fingerprint density at radius 2 is 1.70 bits per heavy atom. The number of carbonyl (C=O) groups is 5. The number of fused-ring (bicyclic) bond motifs is 3. The molecule has 33 heavy (non-hydrogen) atoms. The van der Waals surface area contributed by atoms with E-state index in [0.29, 0.717) is 12.0 Å². The number of nitrogens with two attached hydrogens (primary N) is 1. The van der Waals surface area contributed by atoms with E-state index in [-0.39, 0.29) is 17.7 Å². The van der Waals surface area contributed by atoms with Crippen LogP contribution in [0.3, 0.4) is 0 Å². The first-order chi connectivity index (χ1) is 15.3. The largest absolute Gasteiger partial charge is 0.507 e. The van der Waals surface area contributed by atoms with Gasteiger partial charge in [-0.2, -0.15) is 0 Å². The first-order valence-corrected chi connectivity index (χ1v) is 11.0. The van der Waals surface area contributed by atoms with Crippen molar-refractivity contribution >= 4 is 34.7 Å². The molecule has 6 atom stereocenters. The highest BCUT2D eigenvalue weighted by Crippen LogP contribution is 2.55. The molecule has 176 valence electrons. The van der Waals surface area contributed by atoms with Crippen LogP contribution in [0.2, 0.25) is 0 Å². The monoisotopic (exact) mass is 455 g/mol. The van der Waals surface area contributed by atoms with Gasteiger partial charge in [-0.05, 0) is 50.6 Å². The molecule has 2 fully saturated rings.